The van der Waals surface area contributed by atoms with Gasteiger partial charge in [-0.1, -0.05) is 60.5 Å². The summed E-state index contributed by atoms with van der Waals surface area (Å²) >= 11 is 3.56. The van der Waals surface area contributed by atoms with E-state index >= 15 is 0 Å². The molecule has 1 aromatic carbocycles. The summed E-state index contributed by atoms with van der Waals surface area (Å²) in [6.07, 6.45) is 10.9. The quantitative estimate of drug-likeness (QED) is 0.694. The fourth-order valence-corrected chi connectivity index (χ4v) is 4.48. The number of hydrogen-bond donors (Lipinski definition) is 2. The number of nitrogens with one attached hydrogen (secondary N) is 1. The second-order valence-electron chi connectivity index (χ2n) is 7.00. The maximum absolute atomic E-state index is 12.7. The van der Waals surface area contributed by atoms with Crippen molar-refractivity contribution >= 4 is 32.7 Å². The van der Waals surface area contributed by atoms with Crippen molar-refractivity contribution < 1.29 is 9.90 Å². The number of carbonyl (C=O) groups excluding carboxylic acids is 1. The summed E-state index contributed by atoms with van der Waals surface area (Å²) < 4.78 is 2.86. The minimum Gasteiger partial charge on any atom is -0.395 e. The van der Waals surface area contributed by atoms with E-state index in [1.54, 1.807) is 0 Å². The summed E-state index contributed by atoms with van der Waals surface area (Å²) in [6, 6.07) is 5.89. The van der Waals surface area contributed by atoms with Crippen LogP contribution in [0.5, 0.6) is 0 Å². The molecule has 2 aromatic rings. The van der Waals surface area contributed by atoms with Gasteiger partial charge in [0.05, 0.1) is 17.7 Å². The van der Waals surface area contributed by atoms with Gasteiger partial charge in [0.25, 0.3) is 5.91 Å². The molecule has 1 fully saturated rings. The molecule has 4 nitrogen and oxygen atoms in total. The van der Waals surface area contributed by atoms with Crippen molar-refractivity contribution in [1.82, 2.24) is 9.88 Å². The minimum atomic E-state index is -0.0257. The summed E-state index contributed by atoms with van der Waals surface area (Å²) in [5.74, 6) is 0.729. The van der Waals surface area contributed by atoms with E-state index in [9.17, 15) is 9.90 Å². The van der Waals surface area contributed by atoms with Crippen molar-refractivity contribution in [3.05, 3.63) is 34.4 Å². The van der Waals surface area contributed by atoms with Crippen LogP contribution in [0.1, 0.15) is 55.3 Å². The molecule has 1 aliphatic rings. The summed E-state index contributed by atoms with van der Waals surface area (Å²) in [4.78, 5) is 12.7. The van der Waals surface area contributed by atoms with Gasteiger partial charge in [0, 0.05) is 29.1 Å². The van der Waals surface area contributed by atoms with Gasteiger partial charge in [-0.25, -0.2) is 0 Å². The van der Waals surface area contributed by atoms with Crippen LogP contribution in [0, 0.1) is 5.92 Å². The van der Waals surface area contributed by atoms with Crippen LogP contribution >= 0.6 is 15.9 Å². The Labute approximate surface area is 157 Å². The van der Waals surface area contributed by atoms with Crippen LogP contribution in [0.2, 0.25) is 0 Å². The summed E-state index contributed by atoms with van der Waals surface area (Å²) in [7, 11) is 0. The Bertz CT molecular complexity index is 718. The molecule has 0 unspecified atom stereocenters. The van der Waals surface area contributed by atoms with Crippen LogP contribution in [0.15, 0.2) is 28.9 Å². The molecule has 0 spiro atoms. The average molecular weight is 407 g/mol. The Morgan fingerprint density at radius 1 is 1.24 bits per heavy atom. The predicted molar refractivity (Wildman–Crippen MR) is 105 cm³/mol. The number of nitrogens with zero attached hydrogens (tertiary/aromatic N) is 1. The number of aliphatic hydroxyl groups is 1. The second kappa shape index (κ2) is 8.86. The molecule has 1 heterocycles. The SMILES string of the molecule is O=C(NCCC1CCCCCC1)c1cn(CCO)c2cccc(Br)c12. The Hall–Kier alpha value is -1.33. The van der Waals surface area contributed by atoms with Crippen LogP contribution in [0.4, 0.5) is 0 Å². The third-order valence-electron chi connectivity index (χ3n) is 5.25. The predicted octanol–water partition coefficient (Wildman–Crippen LogP) is 4.49. The summed E-state index contributed by atoms with van der Waals surface area (Å²) in [6.45, 7) is 1.28. The van der Waals surface area contributed by atoms with Crippen LogP contribution in [0.25, 0.3) is 10.9 Å². The molecule has 1 aromatic heterocycles. The van der Waals surface area contributed by atoms with Crippen molar-refractivity contribution in [2.45, 2.75) is 51.5 Å². The summed E-state index contributed by atoms with van der Waals surface area (Å²) in [5.41, 5.74) is 1.65. The molecule has 3 rings (SSSR count). The number of benzene rings is 1. The summed E-state index contributed by atoms with van der Waals surface area (Å²) in [5, 5.41) is 13.3. The van der Waals surface area contributed by atoms with Gasteiger partial charge in [0.2, 0.25) is 0 Å². The van der Waals surface area contributed by atoms with E-state index in [2.05, 4.69) is 21.2 Å². The van der Waals surface area contributed by atoms with E-state index < -0.39 is 0 Å². The smallest absolute Gasteiger partial charge is 0.253 e. The number of carbonyl (C=O) groups is 1. The van der Waals surface area contributed by atoms with Gasteiger partial charge in [-0.15, -0.1) is 0 Å². The van der Waals surface area contributed by atoms with Crippen molar-refractivity contribution in [2.75, 3.05) is 13.2 Å². The first-order chi connectivity index (χ1) is 12.2. The average Bonchev–Trinajstić information content (AvgIpc) is 2.79. The molecule has 5 heteroatoms. The zero-order chi connectivity index (χ0) is 17.6. The highest BCUT2D eigenvalue weighted by molar-refractivity contribution is 9.10. The van der Waals surface area contributed by atoms with E-state index in [1.807, 2.05) is 29.0 Å². The third kappa shape index (κ3) is 4.45. The number of hydrogen-bond acceptors (Lipinski definition) is 2. The second-order valence-corrected chi connectivity index (χ2v) is 7.85. The minimum absolute atomic E-state index is 0.0257. The number of aliphatic hydroxyl groups excluding tert-OH is 1. The van der Waals surface area contributed by atoms with Gasteiger partial charge in [-0.3, -0.25) is 4.79 Å². The maximum Gasteiger partial charge on any atom is 0.253 e. The maximum atomic E-state index is 12.7. The standard InChI is InChI=1S/C20H27BrN2O2/c21-17-8-5-9-18-19(17)16(14-23(18)12-13-24)20(25)22-11-10-15-6-3-1-2-4-7-15/h5,8-9,14-15,24H,1-4,6-7,10-13H2,(H,22,25). The Kier molecular flexibility index (Phi) is 6.54. The Morgan fingerprint density at radius 2 is 2.00 bits per heavy atom. The molecule has 2 N–H and O–H groups in total. The lowest BCUT2D eigenvalue weighted by molar-refractivity contribution is 0.0952. The van der Waals surface area contributed by atoms with E-state index in [-0.39, 0.29) is 12.5 Å². The van der Waals surface area contributed by atoms with Crippen molar-refractivity contribution in [3.8, 4) is 0 Å². The molecule has 0 bridgehead atoms. The first kappa shape index (κ1) is 18.5. The molecular weight excluding hydrogens is 380 g/mol. The van der Waals surface area contributed by atoms with Crippen molar-refractivity contribution in [1.29, 1.82) is 0 Å². The molecule has 1 amide bonds. The van der Waals surface area contributed by atoms with Gasteiger partial charge in [-0.05, 0) is 24.5 Å². The zero-order valence-electron chi connectivity index (χ0n) is 14.6. The Morgan fingerprint density at radius 3 is 2.72 bits per heavy atom. The molecule has 136 valence electrons. The van der Waals surface area contributed by atoms with E-state index in [0.717, 1.165) is 34.3 Å². The zero-order valence-corrected chi connectivity index (χ0v) is 16.2. The molecule has 0 aliphatic heterocycles. The number of amides is 1. The van der Waals surface area contributed by atoms with Crippen LogP contribution < -0.4 is 5.32 Å². The fourth-order valence-electron chi connectivity index (χ4n) is 3.91. The lowest BCUT2D eigenvalue weighted by atomic mass is 9.97. The van der Waals surface area contributed by atoms with Crippen LogP contribution in [0.3, 0.4) is 0 Å². The Balaban J connectivity index is 1.69. The number of aromatic nitrogens is 1. The number of fused-ring (bicyclic) bond motifs is 1. The topological polar surface area (TPSA) is 54.3 Å². The van der Waals surface area contributed by atoms with Crippen molar-refractivity contribution in [3.63, 3.8) is 0 Å². The fraction of sp³-hybridized carbons (Fsp3) is 0.550. The molecule has 1 aliphatic carbocycles. The van der Waals surface area contributed by atoms with Crippen LogP contribution in [-0.2, 0) is 6.54 Å². The van der Waals surface area contributed by atoms with Crippen LogP contribution in [-0.4, -0.2) is 28.7 Å². The van der Waals surface area contributed by atoms with Gasteiger partial charge in [-0.2, -0.15) is 0 Å². The molecule has 1 saturated carbocycles. The van der Waals surface area contributed by atoms with E-state index in [0.29, 0.717) is 12.1 Å². The first-order valence-electron chi connectivity index (χ1n) is 9.37. The number of halogens is 1. The molecular formula is C20H27BrN2O2. The van der Waals surface area contributed by atoms with Gasteiger partial charge < -0.3 is 15.0 Å². The number of rotatable bonds is 6. The molecule has 25 heavy (non-hydrogen) atoms. The molecule has 0 atom stereocenters. The van der Waals surface area contributed by atoms with Gasteiger partial charge >= 0.3 is 0 Å². The van der Waals surface area contributed by atoms with E-state index in [1.165, 1.54) is 38.5 Å². The normalized spacial score (nSPS) is 16.1. The lowest BCUT2D eigenvalue weighted by Gasteiger charge is -2.14. The van der Waals surface area contributed by atoms with Crippen molar-refractivity contribution in [2.24, 2.45) is 5.92 Å². The van der Waals surface area contributed by atoms with E-state index in [4.69, 9.17) is 0 Å². The molecule has 0 saturated heterocycles. The highest BCUT2D eigenvalue weighted by atomic mass is 79.9. The first-order valence-corrected chi connectivity index (χ1v) is 10.2. The highest BCUT2D eigenvalue weighted by Gasteiger charge is 2.18. The monoisotopic (exact) mass is 406 g/mol. The lowest BCUT2D eigenvalue weighted by Crippen LogP contribution is -2.25. The van der Waals surface area contributed by atoms with Gasteiger partial charge in [0.1, 0.15) is 0 Å². The largest absolute Gasteiger partial charge is 0.395 e. The molecule has 0 radical (unpaired) electrons. The highest BCUT2D eigenvalue weighted by Crippen LogP contribution is 2.29. The van der Waals surface area contributed by atoms with Gasteiger partial charge in [0.15, 0.2) is 0 Å². The third-order valence-corrected chi connectivity index (χ3v) is 5.91.